The summed E-state index contributed by atoms with van der Waals surface area (Å²) in [7, 11) is 3.32. The van der Waals surface area contributed by atoms with Crippen LogP contribution in [0.15, 0.2) is 42.5 Å². The Morgan fingerprint density at radius 2 is 2.00 bits per heavy atom. The molecule has 2 rings (SSSR count). The first-order valence-corrected chi connectivity index (χ1v) is 6.78. The average molecular weight is 284 g/mol. The minimum absolute atomic E-state index is 0.107. The number of rotatable bonds is 4. The van der Waals surface area contributed by atoms with Crippen LogP contribution in [0.3, 0.4) is 0 Å². The van der Waals surface area contributed by atoms with E-state index in [1.54, 1.807) is 19.1 Å². The van der Waals surface area contributed by atoms with E-state index in [0.717, 1.165) is 16.8 Å². The Morgan fingerprint density at radius 1 is 1.24 bits per heavy atom. The topological polar surface area (TPSA) is 55.6 Å². The highest BCUT2D eigenvalue weighted by atomic mass is 16.5. The monoisotopic (exact) mass is 284 g/mol. The van der Waals surface area contributed by atoms with Crippen LogP contribution in [0.4, 0.5) is 5.69 Å². The van der Waals surface area contributed by atoms with E-state index in [0.29, 0.717) is 17.9 Å². The summed E-state index contributed by atoms with van der Waals surface area (Å²) in [6.45, 7) is 2.40. The van der Waals surface area contributed by atoms with Crippen molar-refractivity contribution in [3.63, 3.8) is 0 Å². The first-order chi connectivity index (χ1) is 10.1. The molecule has 2 aromatic carbocycles. The van der Waals surface area contributed by atoms with Gasteiger partial charge in [-0.2, -0.15) is 0 Å². The van der Waals surface area contributed by atoms with E-state index in [1.807, 2.05) is 49.4 Å². The molecule has 4 nitrogen and oxygen atoms in total. The van der Waals surface area contributed by atoms with E-state index in [2.05, 4.69) is 0 Å². The molecule has 0 saturated heterocycles. The third-order valence-corrected chi connectivity index (χ3v) is 3.42. The van der Waals surface area contributed by atoms with E-state index in [-0.39, 0.29) is 5.91 Å². The molecule has 0 aromatic heterocycles. The summed E-state index contributed by atoms with van der Waals surface area (Å²) in [6, 6.07) is 13.2. The predicted molar refractivity (Wildman–Crippen MR) is 84.8 cm³/mol. The van der Waals surface area contributed by atoms with Crippen LogP contribution in [0.25, 0.3) is 0 Å². The number of methoxy groups -OCH3 is 1. The third-order valence-electron chi connectivity index (χ3n) is 3.42. The number of amides is 1. The summed E-state index contributed by atoms with van der Waals surface area (Å²) in [4.78, 5) is 14.3. The number of carbonyl (C=O) groups excluding carboxylic acids is 1. The van der Waals surface area contributed by atoms with Crippen molar-refractivity contribution in [2.24, 2.45) is 5.73 Å². The molecule has 21 heavy (non-hydrogen) atoms. The number of hydrogen-bond acceptors (Lipinski definition) is 3. The summed E-state index contributed by atoms with van der Waals surface area (Å²) >= 11 is 0. The number of carbonyl (C=O) groups is 1. The highest BCUT2D eigenvalue weighted by Crippen LogP contribution is 2.24. The minimum Gasteiger partial charge on any atom is -0.496 e. The fourth-order valence-corrected chi connectivity index (χ4v) is 2.18. The Bertz CT molecular complexity index is 653. The molecule has 0 fully saturated rings. The largest absolute Gasteiger partial charge is 0.496 e. The van der Waals surface area contributed by atoms with E-state index in [4.69, 9.17) is 10.5 Å². The second kappa shape index (κ2) is 6.41. The standard InChI is InChI=1S/C17H20N2O2/c1-12-7-8-16(21-3)15(9-12)17(20)19(2)14-6-4-5-13(10-14)11-18/h4-10H,11,18H2,1-3H3. The number of nitrogens with zero attached hydrogens (tertiary/aromatic N) is 1. The summed E-state index contributed by atoms with van der Waals surface area (Å²) in [5.41, 5.74) is 9.02. The molecule has 2 N–H and O–H groups in total. The smallest absolute Gasteiger partial charge is 0.261 e. The zero-order chi connectivity index (χ0) is 15.4. The lowest BCUT2D eigenvalue weighted by molar-refractivity contribution is 0.0990. The Kier molecular flexibility index (Phi) is 4.60. The Balaban J connectivity index is 2.36. The van der Waals surface area contributed by atoms with Crippen molar-refractivity contribution in [3.8, 4) is 5.75 Å². The number of nitrogens with two attached hydrogens (primary N) is 1. The number of aryl methyl sites for hydroxylation is 1. The number of benzene rings is 2. The maximum atomic E-state index is 12.7. The van der Waals surface area contributed by atoms with E-state index < -0.39 is 0 Å². The highest BCUT2D eigenvalue weighted by Gasteiger charge is 2.18. The molecule has 0 spiro atoms. The van der Waals surface area contributed by atoms with Gasteiger partial charge >= 0.3 is 0 Å². The molecule has 0 aliphatic rings. The SMILES string of the molecule is COc1ccc(C)cc1C(=O)N(C)c1cccc(CN)c1. The molecule has 0 aliphatic carbocycles. The molecule has 0 bridgehead atoms. The van der Waals surface area contributed by atoms with Gasteiger partial charge in [0, 0.05) is 19.3 Å². The minimum atomic E-state index is -0.107. The second-order valence-electron chi connectivity index (χ2n) is 4.94. The van der Waals surface area contributed by atoms with Gasteiger partial charge in [-0.3, -0.25) is 4.79 Å². The van der Waals surface area contributed by atoms with E-state index in [1.165, 1.54) is 0 Å². The second-order valence-corrected chi connectivity index (χ2v) is 4.94. The van der Waals surface area contributed by atoms with Gasteiger partial charge in [0.25, 0.3) is 5.91 Å². The van der Waals surface area contributed by atoms with Crippen LogP contribution < -0.4 is 15.4 Å². The quantitative estimate of drug-likeness (QED) is 0.939. The molecular weight excluding hydrogens is 264 g/mol. The van der Waals surface area contributed by atoms with Gasteiger partial charge in [-0.25, -0.2) is 0 Å². The summed E-state index contributed by atoms with van der Waals surface area (Å²) < 4.78 is 5.28. The molecule has 0 atom stereocenters. The van der Waals surface area contributed by atoms with Gasteiger partial charge in [0.05, 0.1) is 12.7 Å². The Morgan fingerprint density at radius 3 is 2.67 bits per heavy atom. The van der Waals surface area contributed by atoms with Crippen molar-refractivity contribution in [2.45, 2.75) is 13.5 Å². The maximum absolute atomic E-state index is 12.7. The molecule has 2 aromatic rings. The molecule has 0 saturated carbocycles. The Labute approximate surface area is 125 Å². The van der Waals surface area contributed by atoms with Gasteiger partial charge in [0.1, 0.15) is 5.75 Å². The predicted octanol–water partition coefficient (Wildman–Crippen LogP) is 2.74. The zero-order valence-electron chi connectivity index (χ0n) is 12.6. The van der Waals surface area contributed by atoms with Crippen molar-refractivity contribution in [3.05, 3.63) is 59.2 Å². The van der Waals surface area contributed by atoms with Crippen LogP contribution in [0.2, 0.25) is 0 Å². The number of ether oxygens (including phenoxy) is 1. The van der Waals surface area contributed by atoms with Crippen LogP contribution in [-0.2, 0) is 6.54 Å². The maximum Gasteiger partial charge on any atom is 0.261 e. The molecule has 0 heterocycles. The van der Waals surface area contributed by atoms with Crippen molar-refractivity contribution in [1.29, 1.82) is 0 Å². The van der Waals surface area contributed by atoms with Crippen LogP contribution in [-0.4, -0.2) is 20.1 Å². The third kappa shape index (κ3) is 3.23. The van der Waals surface area contributed by atoms with Crippen molar-refractivity contribution >= 4 is 11.6 Å². The molecule has 0 radical (unpaired) electrons. The van der Waals surface area contributed by atoms with Crippen LogP contribution in [0.1, 0.15) is 21.5 Å². The van der Waals surface area contributed by atoms with Gasteiger partial charge < -0.3 is 15.4 Å². The molecule has 0 unspecified atom stereocenters. The summed E-state index contributed by atoms with van der Waals surface area (Å²) in [5, 5.41) is 0. The lowest BCUT2D eigenvalue weighted by Crippen LogP contribution is -2.26. The lowest BCUT2D eigenvalue weighted by Gasteiger charge is -2.19. The molecule has 4 heteroatoms. The number of anilines is 1. The van der Waals surface area contributed by atoms with Crippen LogP contribution >= 0.6 is 0 Å². The first-order valence-electron chi connectivity index (χ1n) is 6.78. The summed E-state index contributed by atoms with van der Waals surface area (Å²) in [6.07, 6.45) is 0. The first kappa shape index (κ1) is 15.1. The van der Waals surface area contributed by atoms with Crippen molar-refractivity contribution < 1.29 is 9.53 Å². The van der Waals surface area contributed by atoms with E-state index >= 15 is 0 Å². The molecular formula is C17H20N2O2. The van der Waals surface area contributed by atoms with Gasteiger partial charge in [-0.1, -0.05) is 23.8 Å². The molecule has 110 valence electrons. The normalized spacial score (nSPS) is 10.3. The highest BCUT2D eigenvalue weighted by molar-refractivity contribution is 6.07. The van der Waals surface area contributed by atoms with Crippen LogP contribution in [0.5, 0.6) is 5.75 Å². The fraction of sp³-hybridized carbons (Fsp3) is 0.235. The molecule has 0 aliphatic heterocycles. The van der Waals surface area contributed by atoms with Gasteiger partial charge in [0.15, 0.2) is 0 Å². The molecule has 1 amide bonds. The number of hydrogen-bond donors (Lipinski definition) is 1. The summed E-state index contributed by atoms with van der Waals surface area (Å²) in [5.74, 6) is 0.470. The van der Waals surface area contributed by atoms with Gasteiger partial charge in [0.2, 0.25) is 0 Å². The van der Waals surface area contributed by atoms with Gasteiger partial charge in [-0.15, -0.1) is 0 Å². The average Bonchev–Trinajstić information content (AvgIpc) is 2.53. The van der Waals surface area contributed by atoms with Gasteiger partial charge in [-0.05, 0) is 36.8 Å². The van der Waals surface area contributed by atoms with E-state index in [9.17, 15) is 4.79 Å². The fourth-order valence-electron chi connectivity index (χ4n) is 2.18. The van der Waals surface area contributed by atoms with Crippen molar-refractivity contribution in [2.75, 3.05) is 19.1 Å². The van der Waals surface area contributed by atoms with Crippen LogP contribution in [0, 0.1) is 6.92 Å². The van der Waals surface area contributed by atoms with Crippen molar-refractivity contribution in [1.82, 2.24) is 0 Å². The lowest BCUT2D eigenvalue weighted by atomic mass is 10.1. The zero-order valence-corrected chi connectivity index (χ0v) is 12.6. The Hall–Kier alpha value is -2.33.